The SMILES string of the molecule is COc1ccc(C(Cc2ccc(NCC(=O)c3c(Cl)cccc3Cl)cc2)C(=O)O)cc1N(CC(C)C)C(=O)C(C)(C)C. The van der Waals surface area contributed by atoms with Gasteiger partial charge in [0.05, 0.1) is 40.9 Å². The molecule has 224 valence electrons. The van der Waals surface area contributed by atoms with E-state index in [1.165, 1.54) is 7.11 Å². The van der Waals surface area contributed by atoms with Crippen LogP contribution < -0.4 is 15.0 Å². The predicted molar refractivity (Wildman–Crippen MR) is 169 cm³/mol. The van der Waals surface area contributed by atoms with E-state index < -0.39 is 17.3 Å². The Hall–Kier alpha value is -3.55. The molecule has 0 heterocycles. The van der Waals surface area contributed by atoms with Crippen LogP contribution in [0.15, 0.2) is 60.7 Å². The van der Waals surface area contributed by atoms with Crippen molar-refractivity contribution in [3.63, 3.8) is 0 Å². The van der Waals surface area contributed by atoms with E-state index in [2.05, 4.69) is 5.32 Å². The van der Waals surface area contributed by atoms with Gasteiger partial charge in [-0.05, 0) is 59.9 Å². The molecule has 3 rings (SSSR count). The summed E-state index contributed by atoms with van der Waals surface area (Å²) in [5.74, 6) is -1.46. The van der Waals surface area contributed by atoms with E-state index in [1.807, 2.05) is 46.8 Å². The smallest absolute Gasteiger partial charge is 0.311 e. The fraction of sp³-hybridized carbons (Fsp3) is 0.364. The van der Waals surface area contributed by atoms with Crippen LogP contribution in [-0.4, -0.2) is 43.0 Å². The molecule has 7 nitrogen and oxygen atoms in total. The van der Waals surface area contributed by atoms with Crippen molar-refractivity contribution in [2.45, 2.75) is 47.0 Å². The summed E-state index contributed by atoms with van der Waals surface area (Å²) in [6.07, 6.45) is 0.229. The van der Waals surface area contributed by atoms with Gasteiger partial charge in [0.2, 0.25) is 5.91 Å². The van der Waals surface area contributed by atoms with Crippen LogP contribution in [0.4, 0.5) is 11.4 Å². The summed E-state index contributed by atoms with van der Waals surface area (Å²) in [5.41, 5.74) is 2.25. The number of ether oxygens (including phenoxy) is 1. The Morgan fingerprint density at radius 2 is 1.60 bits per heavy atom. The molecule has 0 aliphatic heterocycles. The molecular weight excluding hydrogens is 575 g/mol. The van der Waals surface area contributed by atoms with Crippen molar-refractivity contribution in [1.29, 1.82) is 0 Å². The summed E-state index contributed by atoms with van der Waals surface area (Å²) < 4.78 is 5.59. The summed E-state index contributed by atoms with van der Waals surface area (Å²) in [6.45, 7) is 10.1. The Labute approximate surface area is 257 Å². The maximum atomic E-state index is 13.4. The molecule has 0 aromatic heterocycles. The lowest BCUT2D eigenvalue weighted by atomic mass is 9.90. The highest BCUT2D eigenvalue weighted by Gasteiger charge is 2.31. The molecule has 9 heteroatoms. The number of carboxylic acid groups (broad SMARTS) is 1. The minimum Gasteiger partial charge on any atom is -0.495 e. The van der Waals surface area contributed by atoms with E-state index in [4.69, 9.17) is 27.9 Å². The minimum absolute atomic E-state index is 0.00462. The standard InChI is InChI=1S/C33H38Cl2N2O5/c1-20(2)19-37(32(41)33(3,4)5)27-17-22(12-15-29(27)42-6)24(31(39)40)16-21-10-13-23(14-11-21)36-18-28(38)30-25(34)8-7-9-26(30)35/h7-15,17,20,24,36H,16,18-19H2,1-6H3,(H,39,40). The maximum absolute atomic E-state index is 13.4. The van der Waals surface area contributed by atoms with Crippen molar-refractivity contribution in [3.05, 3.63) is 87.4 Å². The molecule has 2 N–H and O–H groups in total. The van der Waals surface area contributed by atoms with Crippen molar-refractivity contribution in [2.24, 2.45) is 11.3 Å². The lowest BCUT2D eigenvalue weighted by Crippen LogP contribution is -2.42. The number of rotatable bonds is 12. The highest BCUT2D eigenvalue weighted by atomic mass is 35.5. The number of aliphatic carboxylic acids is 1. The number of nitrogens with one attached hydrogen (secondary N) is 1. The van der Waals surface area contributed by atoms with Crippen LogP contribution in [-0.2, 0) is 16.0 Å². The highest BCUT2D eigenvalue weighted by Crippen LogP contribution is 2.36. The zero-order chi connectivity index (χ0) is 31.2. The van der Waals surface area contributed by atoms with Gasteiger partial charge in [0, 0.05) is 17.6 Å². The van der Waals surface area contributed by atoms with E-state index in [0.717, 1.165) is 5.56 Å². The van der Waals surface area contributed by atoms with Crippen LogP contribution in [0.1, 0.15) is 62.0 Å². The molecule has 3 aromatic rings. The average molecular weight is 614 g/mol. The van der Waals surface area contributed by atoms with Crippen LogP contribution in [0.25, 0.3) is 0 Å². The molecular formula is C33H38Cl2N2O5. The van der Waals surface area contributed by atoms with Gasteiger partial charge in [-0.15, -0.1) is 0 Å². The Morgan fingerprint density at radius 1 is 0.976 bits per heavy atom. The third-order valence-corrected chi connectivity index (χ3v) is 7.35. The molecule has 0 aliphatic rings. The molecule has 0 aliphatic carbocycles. The molecule has 0 saturated carbocycles. The molecule has 0 bridgehead atoms. The number of halogens is 2. The number of carbonyl (C=O) groups excluding carboxylic acids is 2. The quantitative estimate of drug-likeness (QED) is 0.203. The minimum atomic E-state index is -0.979. The zero-order valence-electron chi connectivity index (χ0n) is 24.8. The molecule has 0 radical (unpaired) electrons. The van der Waals surface area contributed by atoms with Gasteiger partial charge in [0.1, 0.15) is 5.75 Å². The first-order valence-electron chi connectivity index (χ1n) is 13.8. The Morgan fingerprint density at radius 3 is 2.12 bits per heavy atom. The van der Waals surface area contributed by atoms with E-state index in [1.54, 1.807) is 53.4 Å². The zero-order valence-corrected chi connectivity index (χ0v) is 26.3. The molecule has 0 fully saturated rings. The van der Waals surface area contributed by atoms with Crippen LogP contribution in [0.2, 0.25) is 10.0 Å². The normalized spacial score (nSPS) is 12.1. The monoisotopic (exact) mass is 612 g/mol. The van der Waals surface area contributed by atoms with Crippen LogP contribution in [0.5, 0.6) is 5.75 Å². The summed E-state index contributed by atoms with van der Waals surface area (Å²) in [6, 6.07) is 17.4. The number of Topliss-reactive ketones (excluding diaryl/α,β-unsaturated/α-hetero) is 1. The highest BCUT2D eigenvalue weighted by molar-refractivity contribution is 6.40. The first-order valence-corrected chi connectivity index (χ1v) is 14.5. The first-order chi connectivity index (χ1) is 19.7. The fourth-order valence-corrected chi connectivity index (χ4v) is 5.18. The number of ketones is 1. The Kier molecular flexibility index (Phi) is 11.0. The summed E-state index contributed by atoms with van der Waals surface area (Å²) in [4.78, 5) is 40.2. The number of hydrogen-bond donors (Lipinski definition) is 2. The maximum Gasteiger partial charge on any atom is 0.311 e. The third kappa shape index (κ3) is 8.26. The number of anilines is 2. The number of amides is 1. The van der Waals surface area contributed by atoms with Crippen LogP contribution in [0.3, 0.4) is 0 Å². The van der Waals surface area contributed by atoms with Gasteiger partial charge < -0.3 is 20.1 Å². The molecule has 1 unspecified atom stereocenters. The predicted octanol–water partition coefficient (Wildman–Crippen LogP) is 7.74. The van der Waals surface area contributed by atoms with Gasteiger partial charge in [-0.1, -0.05) is 82.1 Å². The molecule has 1 amide bonds. The second-order valence-corrected chi connectivity index (χ2v) is 12.5. The van der Waals surface area contributed by atoms with E-state index in [0.29, 0.717) is 39.3 Å². The number of benzene rings is 3. The van der Waals surface area contributed by atoms with Gasteiger partial charge in [-0.25, -0.2) is 0 Å². The third-order valence-electron chi connectivity index (χ3n) is 6.72. The van der Waals surface area contributed by atoms with E-state index >= 15 is 0 Å². The topological polar surface area (TPSA) is 95.9 Å². The Balaban J connectivity index is 1.83. The first kappa shape index (κ1) is 33.0. The van der Waals surface area contributed by atoms with Crippen LogP contribution >= 0.6 is 23.2 Å². The molecule has 3 aromatic carbocycles. The summed E-state index contributed by atoms with van der Waals surface area (Å²) in [5, 5.41) is 13.9. The van der Waals surface area contributed by atoms with Crippen molar-refractivity contribution < 1.29 is 24.2 Å². The van der Waals surface area contributed by atoms with Gasteiger partial charge in [0.25, 0.3) is 0 Å². The molecule has 42 heavy (non-hydrogen) atoms. The van der Waals surface area contributed by atoms with Crippen molar-refractivity contribution in [1.82, 2.24) is 0 Å². The van der Waals surface area contributed by atoms with Crippen molar-refractivity contribution in [3.8, 4) is 5.75 Å². The summed E-state index contributed by atoms with van der Waals surface area (Å²) >= 11 is 12.3. The average Bonchev–Trinajstić information content (AvgIpc) is 2.92. The van der Waals surface area contributed by atoms with E-state index in [9.17, 15) is 19.5 Å². The van der Waals surface area contributed by atoms with Gasteiger partial charge in [-0.2, -0.15) is 0 Å². The second kappa shape index (κ2) is 14.1. The second-order valence-electron chi connectivity index (χ2n) is 11.7. The molecule has 0 spiro atoms. The lowest BCUT2D eigenvalue weighted by molar-refractivity contribution is -0.138. The Bertz CT molecular complexity index is 1410. The summed E-state index contributed by atoms with van der Waals surface area (Å²) in [7, 11) is 1.54. The largest absolute Gasteiger partial charge is 0.495 e. The van der Waals surface area contributed by atoms with Crippen molar-refractivity contribution in [2.75, 3.05) is 30.4 Å². The number of hydrogen-bond acceptors (Lipinski definition) is 5. The number of carboxylic acids is 1. The van der Waals surface area contributed by atoms with Gasteiger partial charge in [0.15, 0.2) is 5.78 Å². The molecule has 1 atom stereocenters. The fourth-order valence-electron chi connectivity index (χ4n) is 4.57. The van der Waals surface area contributed by atoms with Crippen LogP contribution in [0, 0.1) is 11.3 Å². The van der Waals surface area contributed by atoms with Gasteiger partial charge >= 0.3 is 5.97 Å². The van der Waals surface area contributed by atoms with E-state index in [-0.39, 0.29) is 36.1 Å². The van der Waals surface area contributed by atoms with Gasteiger partial charge in [-0.3, -0.25) is 14.4 Å². The lowest BCUT2D eigenvalue weighted by Gasteiger charge is -2.32. The van der Waals surface area contributed by atoms with Crippen molar-refractivity contribution >= 4 is 52.2 Å². The molecule has 0 saturated heterocycles. The number of nitrogens with zero attached hydrogens (tertiary/aromatic N) is 1. The number of carbonyl (C=O) groups is 3. The number of methoxy groups -OCH3 is 1.